The molecule has 7 rings (SSSR count). The lowest BCUT2D eigenvalue weighted by molar-refractivity contribution is 1.28. The van der Waals surface area contributed by atoms with Gasteiger partial charge < -0.3 is 0 Å². The number of aromatic nitrogens is 2. The number of nitrogens with zero attached hydrogens (tertiary/aromatic N) is 4. The van der Waals surface area contributed by atoms with Crippen LogP contribution in [0.1, 0.15) is 22.5 Å². The fraction of sp³-hybridized carbons (Fsp3) is 0. The van der Waals surface area contributed by atoms with Crippen LogP contribution in [-0.2, 0) is 0 Å². The SMILES string of the molecule is c1ccc2c(c1)N=C(c1cc3ccccc3cn1)c1ccccc1N=C2c1cc2ccccc2cn1. The second kappa shape index (κ2) is 8.36. The quantitative estimate of drug-likeness (QED) is 0.269. The summed E-state index contributed by atoms with van der Waals surface area (Å²) in [4.78, 5) is 20.0. The summed E-state index contributed by atoms with van der Waals surface area (Å²) < 4.78 is 0. The van der Waals surface area contributed by atoms with E-state index in [2.05, 4.69) is 48.5 Å². The molecule has 0 N–H and O–H groups in total. The normalized spacial score (nSPS) is 12.8. The summed E-state index contributed by atoms with van der Waals surface area (Å²) in [5.41, 5.74) is 6.80. The first-order valence-electron chi connectivity index (χ1n) is 11.9. The van der Waals surface area contributed by atoms with Gasteiger partial charge in [-0.15, -0.1) is 0 Å². The van der Waals surface area contributed by atoms with Gasteiger partial charge in [0.1, 0.15) is 0 Å². The van der Waals surface area contributed by atoms with E-state index < -0.39 is 0 Å². The molecule has 4 aromatic carbocycles. The predicted octanol–water partition coefficient (Wildman–Crippen LogP) is 7.43. The average molecular weight is 461 g/mol. The first-order chi connectivity index (χ1) is 17.8. The Bertz CT molecular complexity index is 1710. The van der Waals surface area contributed by atoms with Crippen molar-refractivity contribution in [1.82, 2.24) is 9.97 Å². The van der Waals surface area contributed by atoms with Crippen LogP contribution in [0.15, 0.2) is 132 Å². The summed E-state index contributed by atoms with van der Waals surface area (Å²) in [5, 5.41) is 4.46. The molecule has 1 aliphatic rings. The summed E-state index contributed by atoms with van der Waals surface area (Å²) in [6, 6.07) is 36.9. The van der Waals surface area contributed by atoms with E-state index in [1.165, 1.54) is 0 Å². The molecule has 0 unspecified atom stereocenters. The topological polar surface area (TPSA) is 50.5 Å². The molecule has 1 aliphatic heterocycles. The number of hydrogen-bond donors (Lipinski definition) is 0. The van der Waals surface area contributed by atoms with Crippen LogP contribution in [0, 0.1) is 0 Å². The van der Waals surface area contributed by atoms with Crippen LogP contribution in [0.2, 0.25) is 0 Å². The highest BCUT2D eigenvalue weighted by Crippen LogP contribution is 2.33. The molecule has 0 atom stereocenters. The standard InChI is InChI=1S/C32H20N4/c1-3-11-23-19-33-29(17-21(23)9-1)31-25-13-5-7-15-27(25)36-32(26-14-6-8-16-28(26)35-31)30-18-22-10-2-4-12-24(22)20-34-30/h1-20H. The van der Waals surface area contributed by atoms with E-state index in [0.29, 0.717) is 0 Å². The van der Waals surface area contributed by atoms with E-state index in [0.717, 1.165) is 66.9 Å². The molecule has 0 fully saturated rings. The van der Waals surface area contributed by atoms with Crippen LogP contribution in [0.25, 0.3) is 21.5 Å². The molecule has 3 heterocycles. The number of pyridine rings is 2. The van der Waals surface area contributed by atoms with E-state index in [1.807, 2.05) is 73.1 Å². The summed E-state index contributed by atoms with van der Waals surface area (Å²) in [7, 11) is 0. The average Bonchev–Trinajstić information content (AvgIpc) is 2.94. The molecule has 4 heteroatoms. The summed E-state index contributed by atoms with van der Waals surface area (Å²) >= 11 is 0. The van der Waals surface area contributed by atoms with Crippen molar-refractivity contribution < 1.29 is 0 Å². The highest BCUT2D eigenvalue weighted by molar-refractivity contribution is 6.22. The second-order valence-corrected chi connectivity index (χ2v) is 8.79. The van der Waals surface area contributed by atoms with Gasteiger partial charge in [-0.25, -0.2) is 9.98 Å². The Kier molecular flexibility index (Phi) is 4.74. The molecule has 4 nitrogen and oxygen atoms in total. The van der Waals surface area contributed by atoms with Gasteiger partial charge in [0.25, 0.3) is 0 Å². The molecular weight excluding hydrogens is 440 g/mol. The maximum Gasteiger partial charge on any atom is 0.0987 e. The number of fused-ring (bicyclic) bond motifs is 4. The first-order valence-corrected chi connectivity index (χ1v) is 11.9. The number of rotatable bonds is 2. The van der Waals surface area contributed by atoms with Crippen LogP contribution in [0.3, 0.4) is 0 Å². The van der Waals surface area contributed by atoms with Gasteiger partial charge in [-0.2, -0.15) is 0 Å². The highest BCUT2D eigenvalue weighted by atomic mass is 14.9. The lowest BCUT2D eigenvalue weighted by Gasteiger charge is -2.17. The molecule has 0 saturated carbocycles. The van der Waals surface area contributed by atoms with Crippen LogP contribution < -0.4 is 0 Å². The maximum atomic E-state index is 5.20. The lowest BCUT2D eigenvalue weighted by Crippen LogP contribution is -2.12. The van der Waals surface area contributed by atoms with E-state index in [4.69, 9.17) is 20.0 Å². The molecule has 0 amide bonds. The number of para-hydroxylation sites is 2. The van der Waals surface area contributed by atoms with Gasteiger partial charge in [-0.3, -0.25) is 9.97 Å². The first kappa shape index (κ1) is 20.4. The van der Waals surface area contributed by atoms with Gasteiger partial charge in [0.2, 0.25) is 0 Å². The summed E-state index contributed by atoms with van der Waals surface area (Å²) in [5.74, 6) is 0. The van der Waals surface area contributed by atoms with Gasteiger partial charge in [0.15, 0.2) is 0 Å². The molecule has 0 bridgehead atoms. The molecule has 6 aromatic rings. The molecule has 0 spiro atoms. The van der Waals surface area contributed by atoms with Crippen molar-refractivity contribution in [1.29, 1.82) is 0 Å². The Hall–Kier alpha value is -4.96. The summed E-state index contributed by atoms with van der Waals surface area (Å²) in [6.07, 6.45) is 3.82. The Morgan fingerprint density at radius 2 is 0.778 bits per heavy atom. The van der Waals surface area contributed by atoms with Crippen molar-refractivity contribution in [2.75, 3.05) is 0 Å². The van der Waals surface area contributed by atoms with Crippen molar-refractivity contribution in [3.63, 3.8) is 0 Å². The maximum absolute atomic E-state index is 5.20. The minimum atomic E-state index is 0.804. The van der Waals surface area contributed by atoms with Crippen LogP contribution in [0.5, 0.6) is 0 Å². The molecule has 0 aliphatic carbocycles. The van der Waals surface area contributed by atoms with Gasteiger partial charge in [-0.05, 0) is 35.0 Å². The summed E-state index contributed by atoms with van der Waals surface area (Å²) in [6.45, 7) is 0. The Morgan fingerprint density at radius 1 is 0.389 bits per heavy atom. The largest absolute Gasteiger partial charge is 0.254 e. The van der Waals surface area contributed by atoms with Crippen molar-refractivity contribution in [2.24, 2.45) is 9.98 Å². The van der Waals surface area contributed by atoms with Crippen LogP contribution >= 0.6 is 0 Å². The van der Waals surface area contributed by atoms with Gasteiger partial charge in [0, 0.05) is 34.3 Å². The lowest BCUT2D eigenvalue weighted by atomic mass is 9.98. The zero-order chi connectivity index (χ0) is 23.9. The Balaban J connectivity index is 1.48. The third-order valence-corrected chi connectivity index (χ3v) is 6.53. The van der Waals surface area contributed by atoms with Crippen molar-refractivity contribution >= 4 is 44.3 Å². The van der Waals surface area contributed by atoms with Gasteiger partial charge in [0.05, 0.1) is 34.2 Å². The molecular formula is C32H20N4. The molecule has 36 heavy (non-hydrogen) atoms. The van der Waals surface area contributed by atoms with Gasteiger partial charge >= 0.3 is 0 Å². The second-order valence-electron chi connectivity index (χ2n) is 8.79. The van der Waals surface area contributed by atoms with E-state index in [1.54, 1.807) is 0 Å². The van der Waals surface area contributed by atoms with E-state index >= 15 is 0 Å². The molecule has 2 aromatic heterocycles. The minimum Gasteiger partial charge on any atom is -0.254 e. The minimum absolute atomic E-state index is 0.804. The predicted molar refractivity (Wildman–Crippen MR) is 147 cm³/mol. The zero-order valence-corrected chi connectivity index (χ0v) is 19.3. The third-order valence-electron chi connectivity index (χ3n) is 6.53. The van der Waals surface area contributed by atoms with Crippen molar-refractivity contribution in [3.05, 3.63) is 144 Å². The molecule has 0 saturated heterocycles. The van der Waals surface area contributed by atoms with Crippen LogP contribution in [-0.4, -0.2) is 21.4 Å². The highest BCUT2D eigenvalue weighted by Gasteiger charge is 2.21. The van der Waals surface area contributed by atoms with Crippen molar-refractivity contribution in [2.45, 2.75) is 0 Å². The number of hydrogen-bond acceptors (Lipinski definition) is 4. The van der Waals surface area contributed by atoms with Gasteiger partial charge in [-0.1, -0.05) is 84.9 Å². The monoisotopic (exact) mass is 460 g/mol. The fourth-order valence-corrected chi connectivity index (χ4v) is 4.72. The smallest absolute Gasteiger partial charge is 0.0987 e. The number of aliphatic imine (C=N–C) groups is 2. The molecule has 0 radical (unpaired) electrons. The number of benzene rings is 4. The van der Waals surface area contributed by atoms with Crippen molar-refractivity contribution in [3.8, 4) is 0 Å². The Labute approximate surface area is 208 Å². The molecule has 168 valence electrons. The fourth-order valence-electron chi connectivity index (χ4n) is 4.72. The van der Waals surface area contributed by atoms with E-state index in [9.17, 15) is 0 Å². The Morgan fingerprint density at radius 3 is 1.25 bits per heavy atom. The third kappa shape index (κ3) is 3.48. The van der Waals surface area contributed by atoms with E-state index in [-0.39, 0.29) is 0 Å². The zero-order valence-electron chi connectivity index (χ0n) is 19.3. The van der Waals surface area contributed by atoms with Crippen LogP contribution in [0.4, 0.5) is 11.4 Å².